The van der Waals surface area contributed by atoms with Crippen LogP contribution in [0.5, 0.6) is 5.75 Å². The van der Waals surface area contributed by atoms with E-state index in [2.05, 4.69) is 20.4 Å². The van der Waals surface area contributed by atoms with Crippen molar-refractivity contribution in [3.63, 3.8) is 0 Å². The fraction of sp³-hybridized carbons (Fsp3) is 0.565. The van der Waals surface area contributed by atoms with E-state index >= 15 is 0 Å². The number of carboxylic acid groups (broad SMARTS) is 1. The quantitative estimate of drug-likeness (QED) is 0.609. The summed E-state index contributed by atoms with van der Waals surface area (Å²) in [6.07, 6.45) is -0.932. The summed E-state index contributed by atoms with van der Waals surface area (Å²) >= 11 is 0. The number of nitrogens with one attached hydrogen (secondary N) is 1. The Labute approximate surface area is 195 Å². The van der Waals surface area contributed by atoms with Crippen LogP contribution in [0.2, 0.25) is 0 Å². The number of hydrogen-bond acceptors (Lipinski definition) is 5. The molecule has 186 valence electrons. The van der Waals surface area contributed by atoms with Crippen LogP contribution in [0, 0.1) is 17.3 Å². The topological polar surface area (TPSA) is 106 Å². The van der Waals surface area contributed by atoms with Crippen molar-refractivity contribution in [2.24, 2.45) is 17.3 Å². The van der Waals surface area contributed by atoms with Gasteiger partial charge in [0.15, 0.2) is 0 Å². The fourth-order valence-corrected chi connectivity index (χ4v) is 4.20. The van der Waals surface area contributed by atoms with Crippen LogP contribution < -0.4 is 10.1 Å². The molecule has 1 aromatic heterocycles. The third-order valence-corrected chi connectivity index (χ3v) is 5.88. The largest absolute Gasteiger partial charge is 0.573 e. The molecule has 2 aromatic rings. The molecule has 2 N–H and O–H groups in total. The molecule has 0 bridgehead atoms. The molecule has 34 heavy (non-hydrogen) atoms. The molecule has 0 radical (unpaired) electrons. The minimum absolute atomic E-state index is 0.162. The molecule has 1 amide bonds. The van der Waals surface area contributed by atoms with Crippen molar-refractivity contribution in [1.82, 2.24) is 20.3 Å². The van der Waals surface area contributed by atoms with Gasteiger partial charge in [0.2, 0.25) is 5.91 Å². The number of benzene rings is 1. The summed E-state index contributed by atoms with van der Waals surface area (Å²) in [4.78, 5) is 24.3. The molecule has 0 saturated heterocycles. The predicted octanol–water partition coefficient (Wildman–Crippen LogP) is 4.32. The molecule has 0 spiro atoms. The Balaban J connectivity index is 1.72. The second kappa shape index (κ2) is 10.0. The second-order valence-electron chi connectivity index (χ2n) is 9.74. The maximum Gasteiger partial charge on any atom is 0.573 e. The van der Waals surface area contributed by atoms with E-state index in [4.69, 9.17) is 0 Å². The first-order valence-electron chi connectivity index (χ1n) is 11.1. The highest BCUT2D eigenvalue weighted by atomic mass is 19.4. The summed E-state index contributed by atoms with van der Waals surface area (Å²) in [5.41, 5.74) is 0.628. The number of aromatic nitrogens is 3. The van der Waals surface area contributed by atoms with Crippen LogP contribution in [-0.4, -0.2) is 38.3 Å². The average molecular weight is 483 g/mol. The van der Waals surface area contributed by atoms with E-state index < -0.39 is 29.7 Å². The zero-order valence-electron chi connectivity index (χ0n) is 19.3. The van der Waals surface area contributed by atoms with E-state index in [0.717, 1.165) is 0 Å². The summed E-state index contributed by atoms with van der Waals surface area (Å²) in [6.45, 7) is 5.98. The highest BCUT2D eigenvalue weighted by Crippen LogP contribution is 2.34. The van der Waals surface area contributed by atoms with Crippen molar-refractivity contribution in [2.45, 2.75) is 65.4 Å². The molecule has 3 rings (SSSR count). The molecule has 1 aliphatic carbocycles. The van der Waals surface area contributed by atoms with Gasteiger partial charge in [-0.05, 0) is 42.4 Å². The van der Waals surface area contributed by atoms with E-state index in [0.29, 0.717) is 36.9 Å². The first-order chi connectivity index (χ1) is 15.8. The molecule has 11 heteroatoms. The van der Waals surface area contributed by atoms with Crippen molar-refractivity contribution >= 4 is 11.9 Å². The number of carbonyl (C=O) groups is 2. The lowest BCUT2D eigenvalue weighted by atomic mass is 9.80. The van der Waals surface area contributed by atoms with Gasteiger partial charge < -0.3 is 15.2 Å². The molecule has 1 aromatic carbocycles. The smallest absolute Gasteiger partial charge is 0.481 e. The first kappa shape index (κ1) is 25.5. The second-order valence-corrected chi connectivity index (χ2v) is 9.74. The van der Waals surface area contributed by atoms with Crippen LogP contribution in [0.15, 0.2) is 30.5 Å². The Morgan fingerprint density at radius 1 is 1.24 bits per heavy atom. The van der Waals surface area contributed by atoms with Gasteiger partial charge in [-0.3, -0.25) is 9.59 Å². The lowest BCUT2D eigenvalue weighted by Gasteiger charge is -2.33. The Kier molecular flexibility index (Phi) is 7.52. The molecule has 1 aliphatic rings. The van der Waals surface area contributed by atoms with E-state index in [1.807, 2.05) is 20.8 Å². The highest BCUT2D eigenvalue weighted by molar-refractivity contribution is 5.80. The minimum atomic E-state index is -4.78. The molecule has 1 heterocycles. The number of carbonyl (C=O) groups excluding carboxylic acids is 1. The molecule has 8 nitrogen and oxygen atoms in total. The zero-order chi connectivity index (χ0) is 25.1. The van der Waals surface area contributed by atoms with Gasteiger partial charge in [0.25, 0.3) is 0 Å². The zero-order valence-corrected chi connectivity index (χ0v) is 19.3. The number of hydrogen-bond donors (Lipinski definition) is 2. The Morgan fingerprint density at radius 2 is 1.94 bits per heavy atom. The van der Waals surface area contributed by atoms with Crippen molar-refractivity contribution in [3.05, 3.63) is 41.7 Å². The van der Waals surface area contributed by atoms with E-state index in [1.165, 1.54) is 22.9 Å². The maximum absolute atomic E-state index is 13.0. The average Bonchev–Trinajstić information content (AvgIpc) is 3.17. The van der Waals surface area contributed by atoms with Gasteiger partial charge in [0.05, 0.1) is 24.7 Å². The summed E-state index contributed by atoms with van der Waals surface area (Å²) in [5, 5.41) is 20.6. The summed E-state index contributed by atoms with van der Waals surface area (Å²) in [7, 11) is 0. The van der Waals surface area contributed by atoms with Crippen molar-refractivity contribution in [2.75, 3.05) is 0 Å². The molecular formula is C23H29F3N4O4. The molecule has 1 fully saturated rings. The molecule has 1 unspecified atom stereocenters. The van der Waals surface area contributed by atoms with Gasteiger partial charge >= 0.3 is 12.3 Å². The number of halogens is 3. The Hall–Kier alpha value is -3.11. The number of ether oxygens (including phenoxy) is 1. The lowest BCUT2D eigenvalue weighted by molar-refractivity contribution is -0.274. The van der Waals surface area contributed by atoms with E-state index in [9.17, 15) is 27.9 Å². The van der Waals surface area contributed by atoms with Crippen LogP contribution >= 0.6 is 0 Å². The van der Waals surface area contributed by atoms with Crippen LogP contribution in [0.25, 0.3) is 0 Å². The summed E-state index contributed by atoms with van der Waals surface area (Å²) in [5.74, 6) is -2.31. The third kappa shape index (κ3) is 6.94. The van der Waals surface area contributed by atoms with Gasteiger partial charge in [-0.2, -0.15) is 0 Å². The lowest BCUT2D eigenvalue weighted by Crippen LogP contribution is -2.41. The van der Waals surface area contributed by atoms with E-state index in [1.54, 1.807) is 12.3 Å². The number of rotatable bonds is 7. The van der Waals surface area contributed by atoms with E-state index in [-0.39, 0.29) is 24.1 Å². The normalized spacial score (nSPS) is 19.9. The van der Waals surface area contributed by atoms with Gasteiger partial charge in [0, 0.05) is 5.92 Å². The molecular weight excluding hydrogens is 453 g/mol. The van der Waals surface area contributed by atoms with Crippen LogP contribution in [-0.2, 0) is 16.1 Å². The van der Waals surface area contributed by atoms with Crippen molar-refractivity contribution in [3.8, 4) is 5.75 Å². The van der Waals surface area contributed by atoms with Crippen LogP contribution in [0.1, 0.15) is 63.8 Å². The highest BCUT2D eigenvalue weighted by Gasteiger charge is 2.36. The molecule has 1 saturated carbocycles. The molecule has 3 atom stereocenters. The van der Waals surface area contributed by atoms with Gasteiger partial charge in [-0.15, -0.1) is 18.3 Å². The van der Waals surface area contributed by atoms with Crippen molar-refractivity contribution in [1.29, 1.82) is 0 Å². The van der Waals surface area contributed by atoms with Crippen LogP contribution in [0.4, 0.5) is 13.2 Å². The predicted molar refractivity (Wildman–Crippen MR) is 116 cm³/mol. The molecule has 0 aliphatic heterocycles. The summed E-state index contributed by atoms with van der Waals surface area (Å²) in [6, 6.07) is 5.12. The number of nitrogens with zero attached hydrogens (tertiary/aromatic N) is 3. The van der Waals surface area contributed by atoms with Gasteiger partial charge in [0.1, 0.15) is 11.4 Å². The van der Waals surface area contributed by atoms with Crippen molar-refractivity contribution < 1.29 is 32.6 Å². The number of aliphatic carboxylic acids is 1. The minimum Gasteiger partial charge on any atom is -0.481 e. The summed E-state index contributed by atoms with van der Waals surface area (Å²) < 4.78 is 42.9. The SMILES string of the molecule is CC(C)(C)C(NC(=O)[C@@H]1CCC[C@H](C(=O)O)C1)c1cn(Cc2cccc(OC(F)(F)F)c2)nn1. The fourth-order valence-electron chi connectivity index (χ4n) is 4.20. The number of amides is 1. The maximum atomic E-state index is 13.0. The van der Waals surface area contributed by atoms with Gasteiger partial charge in [-0.25, -0.2) is 4.68 Å². The third-order valence-electron chi connectivity index (χ3n) is 5.88. The Bertz CT molecular complexity index is 1020. The Morgan fingerprint density at radius 3 is 2.59 bits per heavy atom. The van der Waals surface area contributed by atoms with Crippen LogP contribution in [0.3, 0.4) is 0 Å². The number of alkyl halides is 3. The standard InChI is InChI=1S/C23H29F3N4O4/c1-22(2,3)19(27-20(31)15-7-5-8-16(11-15)21(32)33)18-13-30(29-28-18)12-14-6-4-9-17(10-14)34-23(24,25)26/h4,6,9-10,13,15-16,19H,5,7-8,11-12H2,1-3H3,(H,27,31)(H,32,33)/t15-,16+,19?/m1/s1. The monoisotopic (exact) mass is 482 g/mol. The number of carboxylic acids is 1. The van der Waals surface area contributed by atoms with Gasteiger partial charge in [-0.1, -0.05) is 44.5 Å². The first-order valence-corrected chi connectivity index (χ1v) is 11.1.